The molecule has 5 heteroatoms. The van der Waals surface area contributed by atoms with Gasteiger partial charge in [-0.1, -0.05) is 0 Å². The van der Waals surface area contributed by atoms with Crippen LogP contribution in [0.3, 0.4) is 0 Å². The molecule has 0 amide bonds. The maximum Gasteiger partial charge on any atom is 0.121 e. The van der Waals surface area contributed by atoms with Gasteiger partial charge in [0.05, 0.1) is 30.4 Å². The zero-order valence-electron chi connectivity index (χ0n) is 11.7. The van der Waals surface area contributed by atoms with Crippen molar-refractivity contribution < 1.29 is 4.42 Å². The number of H-pyrrole nitrogens is 1. The molecule has 21 heavy (non-hydrogen) atoms. The van der Waals surface area contributed by atoms with Crippen LogP contribution in [0.5, 0.6) is 0 Å². The molecule has 5 nitrogen and oxygen atoms in total. The van der Waals surface area contributed by atoms with E-state index in [2.05, 4.69) is 14.9 Å². The Morgan fingerprint density at radius 1 is 1.29 bits per heavy atom. The van der Waals surface area contributed by atoms with Crippen LogP contribution in [0.4, 0.5) is 5.69 Å². The Labute approximate surface area is 122 Å². The molecule has 1 saturated carbocycles. The predicted molar refractivity (Wildman–Crippen MR) is 81.5 cm³/mol. The van der Waals surface area contributed by atoms with Crippen LogP contribution in [0.25, 0.3) is 11.0 Å². The summed E-state index contributed by atoms with van der Waals surface area (Å²) < 4.78 is 5.47. The number of benzene rings is 1. The van der Waals surface area contributed by atoms with E-state index in [1.165, 1.54) is 12.8 Å². The Balaban J connectivity index is 1.56. The van der Waals surface area contributed by atoms with E-state index >= 15 is 0 Å². The number of anilines is 1. The third kappa shape index (κ3) is 2.64. The number of nitrogens with two attached hydrogens (primary N) is 1. The van der Waals surface area contributed by atoms with Crippen LogP contribution in [0.1, 0.15) is 24.4 Å². The second-order valence-electron chi connectivity index (χ2n) is 5.68. The second kappa shape index (κ2) is 4.93. The van der Waals surface area contributed by atoms with Gasteiger partial charge in [-0.05, 0) is 43.2 Å². The molecule has 3 aromatic rings. The Morgan fingerprint density at radius 3 is 2.95 bits per heavy atom. The molecule has 1 fully saturated rings. The van der Waals surface area contributed by atoms with Gasteiger partial charge in [0.1, 0.15) is 11.6 Å². The molecule has 1 aliphatic rings. The summed E-state index contributed by atoms with van der Waals surface area (Å²) in [5.41, 5.74) is 8.53. The molecule has 2 heterocycles. The molecule has 0 spiro atoms. The van der Waals surface area contributed by atoms with Crippen molar-refractivity contribution in [3.8, 4) is 0 Å². The highest BCUT2D eigenvalue weighted by Crippen LogP contribution is 2.30. The Kier molecular flexibility index (Phi) is 2.93. The molecule has 0 saturated heterocycles. The van der Waals surface area contributed by atoms with Gasteiger partial charge in [0.25, 0.3) is 0 Å². The first-order valence-corrected chi connectivity index (χ1v) is 7.28. The van der Waals surface area contributed by atoms with Crippen molar-refractivity contribution in [1.82, 2.24) is 14.9 Å². The van der Waals surface area contributed by atoms with Gasteiger partial charge in [-0.3, -0.25) is 4.90 Å². The van der Waals surface area contributed by atoms with Gasteiger partial charge >= 0.3 is 0 Å². The lowest BCUT2D eigenvalue weighted by Crippen LogP contribution is -2.25. The molecule has 3 N–H and O–H groups in total. The van der Waals surface area contributed by atoms with E-state index in [4.69, 9.17) is 10.2 Å². The van der Waals surface area contributed by atoms with Crippen molar-refractivity contribution in [1.29, 1.82) is 0 Å². The number of furan rings is 1. The number of rotatable bonds is 5. The number of hydrogen-bond acceptors (Lipinski definition) is 4. The fourth-order valence-electron chi connectivity index (χ4n) is 2.70. The first-order chi connectivity index (χ1) is 10.3. The summed E-state index contributed by atoms with van der Waals surface area (Å²) in [7, 11) is 0. The molecular formula is C16H18N4O. The first kappa shape index (κ1) is 12.5. The minimum Gasteiger partial charge on any atom is -0.468 e. The lowest BCUT2D eigenvalue weighted by atomic mass is 10.3. The van der Waals surface area contributed by atoms with Crippen LogP contribution in [0.15, 0.2) is 41.0 Å². The lowest BCUT2D eigenvalue weighted by Gasteiger charge is -2.19. The molecule has 0 aliphatic heterocycles. The number of nitrogen functional groups attached to an aromatic ring is 1. The predicted octanol–water partition coefficient (Wildman–Crippen LogP) is 2.90. The average molecular weight is 282 g/mol. The highest BCUT2D eigenvalue weighted by Gasteiger charge is 2.30. The fraction of sp³-hybridized carbons (Fsp3) is 0.312. The Hall–Kier alpha value is -2.27. The van der Waals surface area contributed by atoms with Crippen LogP contribution in [-0.2, 0) is 13.1 Å². The highest BCUT2D eigenvalue weighted by atomic mass is 16.3. The summed E-state index contributed by atoms with van der Waals surface area (Å²) in [6, 6.07) is 10.4. The summed E-state index contributed by atoms with van der Waals surface area (Å²) in [5, 5.41) is 0. The van der Waals surface area contributed by atoms with Gasteiger partial charge in [0, 0.05) is 11.7 Å². The van der Waals surface area contributed by atoms with E-state index in [1.807, 2.05) is 30.3 Å². The lowest BCUT2D eigenvalue weighted by molar-refractivity contribution is 0.220. The van der Waals surface area contributed by atoms with Crippen molar-refractivity contribution in [2.24, 2.45) is 0 Å². The van der Waals surface area contributed by atoms with E-state index in [9.17, 15) is 0 Å². The zero-order valence-corrected chi connectivity index (χ0v) is 11.7. The largest absolute Gasteiger partial charge is 0.468 e. The maximum absolute atomic E-state index is 5.81. The summed E-state index contributed by atoms with van der Waals surface area (Å²) in [6.07, 6.45) is 4.24. The standard InChI is InChI=1S/C16H18N4O/c17-11-3-6-14-15(8-11)19-16(18-14)10-20(12-4-5-12)9-13-2-1-7-21-13/h1-3,6-8,12H,4-5,9-10,17H2,(H,18,19). The highest BCUT2D eigenvalue weighted by molar-refractivity contribution is 5.78. The van der Waals surface area contributed by atoms with E-state index in [-0.39, 0.29) is 0 Å². The summed E-state index contributed by atoms with van der Waals surface area (Å²) in [5.74, 6) is 1.98. The summed E-state index contributed by atoms with van der Waals surface area (Å²) >= 11 is 0. The Bertz CT molecular complexity index is 743. The van der Waals surface area contributed by atoms with Gasteiger partial charge in [-0.15, -0.1) is 0 Å². The minimum atomic E-state index is 0.647. The molecule has 0 bridgehead atoms. The van der Waals surface area contributed by atoms with Crippen molar-refractivity contribution in [3.63, 3.8) is 0 Å². The zero-order chi connectivity index (χ0) is 14.2. The molecule has 0 radical (unpaired) electrons. The molecule has 4 rings (SSSR count). The third-order valence-corrected chi connectivity index (χ3v) is 3.91. The summed E-state index contributed by atoms with van der Waals surface area (Å²) in [4.78, 5) is 10.4. The maximum atomic E-state index is 5.81. The van der Waals surface area contributed by atoms with Crippen LogP contribution >= 0.6 is 0 Å². The molecule has 1 aliphatic carbocycles. The molecule has 0 unspecified atom stereocenters. The number of aromatic amines is 1. The van der Waals surface area contributed by atoms with E-state index < -0.39 is 0 Å². The number of imidazole rings is 1. The van der Waals surface area contributed by atoms with Crippen molar-refractivity contribution in [2.75, 3.05) is 5.73 Å². The number of nitrogens with zero attached hydrogens (tertiary/aromatic N) is 2. The first-order valence-electron chi connectivity index (χ1n) is 7.28. The normalized spacial score (nSPS) is 15.1. The minimum absolute atomic E-state index is 0.647. The molecule has 108 valence electrons. The van der Waals surface area contributed by atoms with Crippen LogP contribution in [0, 0.1) is 0 Å². The van der Waals surface area contributed by atoms with Gasteiger partial charge in [0.15, 0.2) is 0 Å². The third-order valence-electron chi connectivity index (χ3n) is 3.91. The number of aromatic nitrogens is 2. The SMILES string of the molecule is Nc1ccc2nc(CN(Cc3ccco3)C3CC3)[nH]c2c1. The van der Waals surface area contributed by atoms with Crippen molar-refractivity contribution in [2.45, 2.75) is 32.0 Å². The Morgan fingerprint density at radius 2 is 2.19 bits per heavy atom. The molecule has 2 aromatic heterocycles. The van der Waals surface area contributed by atoms with Crippen LogP contribution < -0.4 is 5.73 Å². The van der Waals surface area contributed by atoms with E-state index in [0.717, 1.165) is 41.4 Å². The van der Waals surface area contributed by atoms with Gasteiger partial charge in [-0.25, -0.2) is 4.98 Å². The smallest absolute Gasteiger partial charge is 0.121 e. The monoisotopic (exact) mass is 282 g/mol. The van der Waals surface area contributed by atoms with E-state index in [0.29, 0.717) is 6.04 Å². The topological polar surface area (TPSA) is 71.1 Å². The number of fused-ring (bicyclic) bond motifs is 1. The second-order valence-corrected chi connectivity index (χ2v) is 5.68. The van der Waals surface area contributed by atoms with Crippen LogP contribution in [-0.4, -0.2) is 20.9 Å². The number of nitrogens with one attached hydrogen (secondary N) is 1. The fourth-order valence-corrected chi connectivity index (χ4v) is 2.70. The quantitative estimate of drug-likeness (QED) is 0.706. The van der Waals surface area contributed by atoms with Crippen molar-refractivity contribution in [3.05, 3.63) is 48.2 Å². The van der Waals surface area contributed by atoms with Crippen molar-refractivity contribution >= 4 is 16.7 Å². The van der Waals surface area contributed by atoms with Gasteiger partial charge in [-0.2, -0.15) is 0 Å². The van der Waals surface area contributed by atoms with E-state index in [1.54, 1.807) is 6.26 Å². The van der Waals surface area contributed by atoms with Gasteiger partial charge < -0.3 is 15.1 Å². The molecule has 0 atom stereocenters. The summed E-state index contributed by atoms with van der Waals surface area (Å²) in [6.45, 7) is 1.64. The molecular weight excluding hydrogens is 264 g/mol. The average Bonchev–Trinajstić information content (AvgIpc) is 3.04. The van der Waals surface area contributed by atoms with Crippen LogP contribution in [0.2, 0.25) is 0 Å². The molecule has 1 aromatic carbocycles. The van der Waals surface area contributed by atoms with Gasteiger partial charge in [0.2, 0.25) is 0 Å². The number of hydrogen-bond donors (Lipinski definition) is 2.